The molecular formula is C13H12BrClN2O2S. The lowest BCUT2D eigenvalue weighted by molar-refractivity contribution is 0.601. The number of benzene rings is 1. The number of rotatable bonds is 3. The van der Waals surface area contributed by atoms with Gasteiger partial charge in [-0.15, -0.1) is 0 Å². The standard InChI is InChI=1S/C13H12BrClN2O2S/c1-8-5-10(14)6-9(2)13(8)17-20(18,19)11-3-4-16-12(15)7-11/h3-7,17H,1-2H3. The van der Waals surface area contributed by atoms with Crippen molar-refractivity contribution in [1.82, 2.24) is 4.98 Å². The van der Waals surface area contributed by atoms with E-state index in [2.05, 4.69) is 25.6 Å². The molecule has 0 aliphatic rings. The van der Waals surface area contributed by atoms with Gasteiger partial charge in [0.2, 0.25) is 0 Å². The van der Waals surface area contributed by atoms with E-state index in [4.69, 9.17) is 11.6 Å². The lowest BCUT2D eigenvalue weighted by atomic mass is 10.1. The Morgan fingerprint density at radius 2 is 1.80 bits per heavy atom. The molecule has 2 rings (SSSR count). The fourth-order valence-electron chi connectivity index (χ4n) is 1.82. The summed E-state index contributed by atoms with van der Waals surface area (Å²) in [6, 6.07) is 6.42. The van der Waals surface area contributed by atoms with E-state index in [1.165, 1.54) is 18.3 Å². The average Bonchev–Trinajstić information content (AvgIpc) is 2.34. The van der Waals surface area contributed by atoms with Crippen LogP contribution in [0.5, 0.6) is 0 Å². The van der Waals surface area contributed by atoms with E-state index >= 15 is 0 Å². The molecule has 0 saturated heterocycles. The maximum atomic E-state index is 12.3. The second kappa shape index (κ2) is 5.71. The largest absolute Gasteiger partial charge is 0.279 e. The Kier molecular flexibility index (Phi) is 4.36. The highest BCUT2D eigenvalue weighted by molar-refractivity contribution is 9.10. The van der Waals surface area contributed by atoms with E-state index < -0.39 is 10.0 Å². The first-order valence-corrected chi connectivity index (χ1v) is 8.36. The first kappa shape index (κ1) is 15.3. The zero-order valence-corrected chi connectivity index (χ0v) is 14.0. The Balaban J connectivity index is 2.44. The molecule has 1 aromatic carbocycles. The van der Waals surface area contributed by atoms with Crippen LogP contribution in [0.4, 0.5) is 5.69 Å². The van der Waals surface area contributed by atoms with Crippen LogP contribution in [0, 0.1) is 13.8 Å². The van der Waals surface area contributed by atoms with Gasteiger partial charge in [-0.25, -0.2) is 13.4 Å². The van der Waals surface area contributed by atoms with Gasteiger partial charge in [0, 0.05) is 10.7 Å². The molecule has 0 spiro atoms. The maximum Gasteiger partial charge on any atom is 0.262 e. The van der Waals surface area contributed by atoms with Crippen LogP contribution < -0.4 is 4.72 Å². The molecule has 0 aliphatic heterocycles. The third-order valence-corrected chi connectivity index (χ3v) is 4.75. The van der Waals surface area contributed by atoms with Gasteiger partial charge in [-0.3, -0.25) is 4.72 Å². The Morgan fingerprint density at radius 1 is 1.20 bits per heavy atom. The van der Waals surface area contributed by atoms with Crippen LogP contribution in [0.15, 0.2) is 39.8 Å². The third-order valence-electron chi connectivity index (χ3n) is 2.74. The molecule has 0 radical (unpaired) electrons. The number of hydrogen-bond donors (Lipinski definition) is 1. The van der Waals surface area contributed by atoms with E-state index in [0.717, 1.165) is 15.6 Å². The van der Waals surface area contributed by atoms with E-state index in [1.807, 2.05) is 26.0 Å². The van der Waals surface area contributed by atoms with Gasteiger partial charge in [-0.1, -0.05) is 27.5 Å². The van der Waals surface area contributed by atoms with E-state index in [0.29, 0.717) is 5.69 Å². The fourth-order valence-corrected chi connectivity index (χ4v) is 3.96. The molecule has 0 aliphatic carbocycles. The number of hydrogen-bond acceptors (Lipinski definition) is 3. The molecule has 0 atom stereocenters. The Bertz CT molecular complexity index is 740. The van der Waals surface area contributed by atoms with Gasteiger partial charge in [0.1, 0.15) is 5.15 Å². The van der Waals surface area contributed by atoms with Crippen molar-refractivity contribution in [3.05, 3.63) is 51.2 Å². The summed E-state index contributed by atoms with van der Waals surface area (Å²) < 4.78 is 28.2. The highest BCUT2D eigenvalue weighted by atomic mass is 79.9. The number of aryl methyl sites for hydroxylation is 2. The van der Waals surface area contributed by atoms with Crippen molar-refractivity contribution in [2.75, 3.05) is 4.72 Å². The monoisotopic (exact) mass is 374 g/mol. The topological polar surface area (TPSA) is 59.1 Å². The van der Waals surface area contributed by atoms with Crippen molar-refractivity contribution >= 4 is 43.2 Å². The molecule has 20 heavy (non-hydrogen) atoms. The van der Waals surface area contributed by atoms with Crippen molar-refractivity contribution in [2.45, 2.75) is 18.7 Å². The second-order valence-corrected chi connectivity index (χ2v) is 7.32. The van der Waals surface area contributed by atoms with Crippen molar-refractivity contribution < 1.29 is 8.42 Å². The van der Waals surface area contributed by atoms with E-state index in [-0.39, 0.29) is 10.0 Å². The third kappa shape index (κ3) is 3.31. The summed E-state index contributed by atoms with van der Waals surface area (Å²) >= 11 is 9.11. The Labute approximate surface area is 131 Å². The van der Waals surface area contributed by atoms with E-state index in [9.17, 15) is 8.42 Å². The van der Waals surface area contributed by atoms with Crippen LogP contribution in [-0.4, -0.2) is 13.4 Å². The van der Waals surface area contributed by atoms with Crippen LogP contribution >= 0.6 is 27.5 Å². The lowest BCUT2D eigenvalue weighted by Crippen LogP contribution is -2.14. The molecule has 0 unspecified atom stereocenters. The summed E-state index contributed by atoms with van der Waals surface area (Å²) in [5.74, 6) is 0. The number of nitrogens with zero attached hydrogens (tertiary/aromatic N) is 1. The summed E-state index contributed by atoms with van der Waals surface area (Å²) in [7, 11) is -3.68. The molecular weight excluding hydrogens is 364 g/mol. The molecule has 0 amide bonds. The van der Waals surface area contributed by atoms with E-state index in [1.54, 1.807) is 0 Å². The Morgan fingerprint density at radius 3 is 2.35 bits per heavy atom. The minimum Gasteiger partial charge on any atom is -0.279 e. The molecule has 2 aromatic rings. The second-order valence-electron chi connectivity index (χ2n) is 4.33. The SMILES string of the molecule is Cc1cc(Br)cc(C)c1NS(=O)(=O)c1ccnc(Cl)c1. The highest BCUT2D eigenvalue weighted by Crippen LogP contribution is 2.27. The van der Waals surface area contributed by atoms with Gasteiger partial charge in [-0.2, -0.15) is 0 Å². The average molecular weight is 376 g/mol. The molecule has 106 valence electrons. The maximum absolute atomic E-state index is 12.3. The summed E-state index contributed by atoms with van der Waals surface area (Å²) in [5, 5.41) is 0.136. The van der Waals surface area contributed by atoms with Gasteiger partial charge in [0.05, 0.1) is 10.6 Å². The quantitative estimate of drug-likeness (QED) is 0.827. The van der Waals surface area contributed by atoms with Crippen molar-refractivity contribution in [2.24, 2.45) is 0 Å². The highest BCUT2D eigenvalue weighted by Gasteiger charge is 2.17. The zero-order valence-electron chi connectivity index (χ0n) is 10.8. The first-order chi connectivity index (χ1) is 9.29. The van der Waals surface area contributed by atoms with Gasteiger partial charge in [0.25, 0.3) is 10.0 Å². The van der Waals surface area contributed by atoms with Gasteiger partial charge >= 0.3 is 0 Å². The van der Waals surface area contributed by atoms with Crippen LogP contribution in [0.25, 0.3) is 0 Å². The summed E-state index contributed by atoms with van der Waals surface area (Å²) in [6.45, 7) is 3.68. The van der Waals surface area contributed by atoms with Crippen molar-refractivity contribution in [1.29, 1.82) is 0 Å². The molecule has 0 fully saturated rings. The summed E-state index contributed by atoms with van der Waals surface area (Å²) in [6.07, 6.45) is 1.36. The van der Waals surface area contributed by atoms with Gasteiger partial charge < -0.3 is 0 Å². The van der Waals surface area contributed by atoms with Crippen molar-refractivity contribution in [3.63, 3.8) is 0 Å². The fraction of sp³-hybridized carbons (Fsp3) is 0.154. The summed E-state index contributed by atoms with van der Waals surface area (Å²) in [4.78, 5) is 3.86. The molecule has 0 saturated carbocycles. The number of nitrogens with one attached hydrogen (secondary N) is 1. The number of sulfonamides is 1. The van der Waals surface area contributed by atoms with Gasteiger partial charge in [-0.05, 0) is 49.2 Å². The van der Waals surface area contributed by atoms with Crippen molar-refractivity contribution in [3.8, 4) is 0 Å². The minimum atomic E-state index is -3.68. The minimum absolute atomic E-state index is 0.0826. The number of pyridine rings is 1. The van der Waals surface area contributed by atoms with Crippen LogP contribution in [0.3, 0.4) is 0 Å². The Hall–Kier alpha value is -1.11. The molecule has 1 N–H and O–H groups in total. The number of halogens is 2. The molecule has 1 aromatic heterocycles. The molecule has 1 heterocycles. The zero-order chi connectivity index (χ0) is 14.9. The predicted octanol–water partition coefficient (Wildman–Crippen LogP) is 3.92. The summed E-state index contributed by atoms with van der Waals surface area (Å²) in [5.41, 5.74) is 2.24. The molecule has 4 nitrogen and oxygen atoms in total. The normalized spacial score (nSPS) is 11.4. The lowest BCUT2D eigenvalue weighted by Gasteiger charge is -2.14. The number of anilines is 1. The molecule has 7 heteroatoms. The van der Waals surface area contributed by atoms with Crippen LogP contribution in [-0.2, 0) is 10.0 Å². The van der Waals surface area contributed by atoms with Crippen LogP contribution in [0.1, 0.15) is 11.1 Å². The predicted molar refractivity (Wildman–Crippen MR) is 83.7 cm³/mol. The first-order valence-electron chi connectivity index (χ1n) is 5.71. The van der Waals surface area contributed by atoms with Gasteiger partial charge in [0.15, 0.2) is 0 Å². The molecule has 0 bridgehead atoms. The number of aromatic nitrogens is 1. The van der Waals surface area contributed by atoms with Crippen LogP contribution in [0.2, 0.25) is 5.15 Å². The smallest absolute Gasteiger partial charge is 0.262 e.